The predicted molar refractivity (Wildman–Crippen MR) is 110 cm³/mol. The minimum Gasteiger partial charge on any atom is -0.455 e. The predicted octanol–water partition coefficient (Wildman–Crippen LogP) is 4.24. The van der Waals surface area contributed by atoms with Crippen molar-refractivity contribution in [2.75, 3.05) is 26.2 Å². The summed E-state index contributed by atoms with van der Waals surface area (Å²) in [5, 5.41) is 6.85. The summed E-state index contributed by atoms with van der Waals surface area (Å²) in [6, 6.07) is 2.44. The molecule has 136 valence electrons. The number of rotatable bonds is 14. The van der Waals surface area contributed by atoms with Gasteiger partial charge in [-0.05, 0) is 63.2 Å². The van der Waals surface area contributed by atoms with Crippen LogP contribution in [0.4, 0.5) is 0 Å². The maximum Gasteiger partial charge on any atom is 0.173 e. The third kappa shape index (κ3) is 12.8. The molecule has 0 fully saturated rings. The summed E-state index contributed by atoms with van der Waals surface area (Å²) in [5.74, 6) is 1.32. The Bertz CT molecular complexity index is 314. The standard InChI is InChI=1S/C18H40N2OSi2/c1-9-11-19-13-17(3)15-22(5,6)21-23(7,8)16-18(4)14-20-12-10-2/h9-10,17-20H,1-2,11-16H2,3-8H3. The van der Waals surface area contributed by atoms with Crippen molar-refractivity contribution in [3.63, 3.8) is 0 Å². The summed E-state index contributed by atoms with van der Waals surface area (Å²) in [4.78, 5) is 0. The van der Waals surface area contributed by atoms with Gasteiger partial charge in [-0.3, -0.25) is 0 Å². The number of hydrogen-bond donors (Lipinski definition) is 2. The van der Waals surface area contributed by atoms with E-state index < -0.39 is 16.6 Å². The van der Waals surface area contributed by atoms with Gasteiger partial charge in [0.2, 0.25) is 0 Å². The van der Waals surface area contributed by atoms with Crippen LogP contribution in [-0.4, -0.2) is 42.8 Å². The fraction of sp³-hybridized carbons (Fsp3) is 0.778. The molecule has 0 spiro atoms. The first-order valence-electron chi connectivity index (χ1n) is 8.95. The lowest BCUT2D eigenvalue weighted by Gasteiger charge is -2.37. The second-order valence-corrected chi connectivity index (χ2v) is 16.8. The summed E-state index contributed by atoms with van der Waals surface area (Å²) < 4.78 is 6.76. The Labute approximate surface area is 147 Å². The van der Waals surface area contributed by atoms with E-state index in [9.17, 15) is 0 Å². The lowest BCUT2D eigenvalue weighted by atomic mass is 10.2. The van der Waals surface area contributed by atoms with Crippen LogP contribution in [0, 0.1) is 11.8 Å². The van der Waals surface area contributed by atoms with E-state index >= 15 is 0 Å². The highest BCUT2D eigenvalue weighted by molar-refractivity contribution is 6.84. The van der Waals surface area contributed by atoms with Gasteiger partial charge in [-0.15, -0.1) is 13.2 Å². The highest BCUT2D eigenvalue weighted by atomic mass is 28.4. The van der Waals surface area contributed by atoms with E-state index in [1.54, 1.807) is 0 Å². The van der Waals surface area contributed by atoms with Gasteiger partial charge in [0, 0.05) is 13.1 Å². The zero-order valence-electron chi connectivity index (χ0n) is 16.4. The molecule has 0 saturated heterocycles. The third-order valence-electron chi connectivity index (χ3n) is 3.80. The molecule has 23 heavy (non-hydrogen) atoms. The smallest absolute Gasteiger partial charge is 0.173 e. The van der Waals surface area contributed by atoms with Gasteiger partial charge in [0.05, 0.1) is 0 Å². The van der Waals surface area contributed by atoms with Crippen LogP contribution < -0.4 is 10.6 Å². The Morgan fingerprint density at radius 2 is 1.17 bits per heavy atom. The lowest BCUT2D eigenvalue weighted by Crippen LogP contribution is -2.47. The molecule has 0 saturated carbocycles. The monoisotopic (exact) mass is 356 g/mol. The number of nitrogens with one attached hydrogen (secondary N) is 2. The Balaban J connectivity index is 4.31. The van der Waals surface area contributed by atoms with Gasteiger partial charge in [0.25, 0.3) is 0 Å². The van der Waals surface area contributed by atoms with Crippen LogP contribution in [0.25, 0.3) is 0 Å². The lowest BCUT2D eigenvalue weighted by molar-refractivity contribution is 0.477. The molecule has 0 aromatic heterocycles. The molecule has 0 radical (unpaired) electrons. The molecule has 0 amide bonds. The fourth-order valence-electron chi connectivity index (χ4n) is 3.52. The molecule has 2 atom stereocenters. The average Bonchev–Trinajstić information content (AvgIpc) is 2.36. The van der Waals surface area contributed by atoms with Crippen LogP contribution >= 0.6 is 0 Å². The molecule has 0 heterocycles. The topological polar surface area (TPSA) is 33.3 Å². The van der Waals surface area contributed by atoms with E-state index in [-0.39, 0.29) is 0 Å². The van der Waals surface area contributed by atoms with Crippen molar-refractivity contribution in [3.8, 4) is 0 Å². The zero-order valence-corrected chi connectivity index (χ0v) is 18.4. The maximum absolute atomic E-state index is 6.76. The van der Waals surface area contributed by atoms with Crippen molar-refractivity contribution in [3.05, 3.63) is 25.3 Å². The summed E-state index contributed by atoms with van der Waals surface area (Å²) in [5.41, 5.74) is 0. The van der Waals surface area contributed by atoms with Crippen LogP contribution in [0.5, 0.6) is 0 Å². The molecule has 0 bridgehead atoms. The van der Waals surface area contributed by atoms with Gasteiger partial charge in [-0.2, -0.15) is 0 Å². The Morgan fingerprint density at radius 1 is 0.826 bits per heavy atom. The molecular weight excluding hydrogens is 316 g/mol. The van der Waals surface area contributed by atoms with E-state index in [0.717, 1.165) is 26.2 Å². The van der Waals surface area contributed by atoms with Crippen molar-refractivity contribution in [2.24, 2.45) is 11.8 Å². The minimum atomic E-state index is -1.61. The minimum absolute atomic E-state index is 0.660. The van der Waals surface area contributed by atoms with Crippen LogP contribution in [0.2, 0.25) is 38.3 Å². The third-order valence-corrected chi connectivity index (χ3v) is 11.6. The Morgan fingerprint density at radius 3 is 1.48 bits per heavy atom. The van der Waals surface area contributed by atoms with Crippen molar-refractivity contribution in [1.29, 1.82) is 0 Å². The molecule has 2 unspecified atom stereocenters. The van der Waals surface area contributed by atoms with E-state index in [4.69, 9.17) is 4.12 Å². The maximum atomic E-state index is 6.76. The normalized spacial score (nSPS) is 15.2. The van der Waals surface area contributed by atoms with Gasteiger partial charge in [0.15, 0.2) is 16.6 Å². The molecule has 0 aromatic carbocycles. The summed E-state index contributed by atoms with van der Waals surface area (Å²) >= 11 is 0. The van der Waals surface area contributed by atoms with Crippen LogP contribution in [0.3, 0.4) is 0 Å². The van der Waals surface area contributed by atoms with E-state index in [1.807, 2.05) is 12.2 Å². The quantitative estimate of drug-likeness (QED) is 0.277. The molecular formula is C18H40N2OSi2. The first kappa shape index (κ1) is 22.8. The second-order valence-electron chi connectivity index (χ2n) is 8.13. The highest BCUT2D eigenvalue weighted by Crippen LogP contribution is 2.26. The first-order valence-corrected chi connectivity index (χ1v) is 15.2. The van der Waals surface area contributed by atoms with Crippen molar-refractivity contribution in [2.45, 2.75) is 52.1 Å². The van der Waals surface area contributed by atoms with Crippen molar-refractivity contribution in [1.82, 2.24) is 10.6 Å². The molecule has 0 aliphatic heterocycles. The molecule has 0 aliphatic carbocycles. The van der Waals surface area contributed by atoms with E-state index in [1.165, 1.54) is 12.1 Å². The molecule has 0 aromatic rings. The van der Waals surface area contributed by atoms with Gasteiger partial charge in [-0.1, -0.05) is 26.0 Å². The Hall–Kier alpha value is -0.206. The first-order chi connectivity index (χ1) is 10.6. The van der Waals surface area contributed by atoms with E-state index in [2.05, 4.69) is 63.8 Å². The summed E-state index contributed by atoms with van der Waals surface area (Å²) in [6.07, 6.45) is 3.84. The zero-order chi connectivity index (χ0) is 17.9. The second kappa shape index (κ2) is 11.4. The molecule has 0 rings (SSSR count). The van der Waals surface area contributed by atoms with Crippen LogP contribution in [0.1, 0.15) is 13.8 Å². The average molecular weight is 357 g/mol. The van der Waals surface area contributed by atoms with Crippen LogP contribution in [0.15, 0.2) is 25.3 Å². The van der Waals surface area contributed by atoms with Crippen LogP contribution in [-0.2, 0) is 4.12 Å². The fourth-order valence-corrected chi connectivity index (χ4v) is 13.8. The summed E-state index contributed by atoms with van der Waals surface area (Å²) in [7, 11) is -3.22. The SMILES string of the molecule is C=CCNCC(C)C[Si](C)(C)O[Si](C)(C)CC(C)CNCC=C. The Kier molecular flexibility index (Phi) is 11.3. The van der Waals surface area contributed by atoms with Gasteiger partial charge < -0.3 is 14.7 Å². The van der Waals surface area contributed by atoms with Gasteiger partial charge in [0.1, 0.15) is 0 Å². The number of hydrogen-bond acceptors (Lipinski definition) is 3. The van der Waals surface area contributed by atoms with Gasteiger partial charge >= 0.3 is 0 Å². The van der Waals surface area contributed by atoms with Crippen molar-refractivity contribution >= 4 is 16.6 Å². The van der Waals surface area contributed by atoms with Gasteiger partial charge in [-0.25, -0.2) is 0 Å². The summed E-state index contributed by atoms with van der Waals surface area (Å²) in [6.45, 7) is 25.6. The molecule has 3 nitrogen and oxygen atoms in total. The largest absolute Gasteiger partial charge is 0.455 e. The molecule has 5 heteroatoms. The highest BCUT2D eigenvalue weighted by Gasteiger charge is 2.34. The van der Waals surface area contributed by atoms with E-state index in [0.29, 0.717) is 11.8 Å². The molecule has 0 aliphatic rings. The molecule has 2 N–H and O–H groups in total. The van der Waals surface area contributed by atoms with Crippen molar-refractivity contribution < 1.29 is 4.12 Å².